The van der Waals surface area contributed by atoms with Crippen molar-refractivity contribution in [1.29, 1.82) is 0 Å². The molecule has 0 atom stereocenters. The molecule has 0 aliphatic rings. The lowest BCUT2D eigenvalue weighted by molar-refractivity contribution is 0.0651. The van der Waals surface area contributed by atoms with Crippen LogP contribution >= 0.6 is 19.2 Å². The highest BCUT2D eigenvalue weighted by molar-refractivity contribution is 7.60. The van der Waals surface area contributed by atoms with Crippen LogP contribution in [0.15, 0.2) is 12.1 Å². The summed E-state index contributed by atoms with van der Waals surface area (Å²) in [6, 6.07) is 1.26. The van der Waals surface area contributed by atoms with Crippen LogP contribution in [0.3, 0.4) is 0 Å². The first-order valence-corrected chi connectivity index (χ1v) is 6.00. The Balaban J connectivity index is 3.63. The van der Waals surface area contributed by atoms with Crippen molar-refractivity contribution in [2.45, 2.75) is 0 Å². The van der Waals surface area contributed by atoms with Gasteiger partial charge in [0.05, 0.1) is 21.5 Å². The fraction of sp³-hybridized carbons (Fsp3) is 0. The Morgan fingerprint density at radius 3 is 1.82 bits per heavy atom. The van der Waals surface area contributed by atoms with Crippen LogP contribution in [0, 0.1) is 0 Å². The molecular weight excluding hydrogens is 275 g/mol. The van der Waals surface area contributed by atoms with Crippen molar-refractivity contribution in [3.05, 3.63) is 28.3 Å². The summed E-state index contributed by atoms with van der Waals surface area (Å²) < 4.78 is 11.0. The first-order chi connectivity index (χ1) is 7.64. The number of carboxylic acid groups (broad SMARTS) is 2. The summed E-state index contributed by atoms with van der Waals surface area (Å²) in [6.07, 6.45) is 0. The Morgan fingerprint density at radius 2 is 1.47 bits per heavy atom. The van der Waals surface area contributed by atoms with Crippen molar-refractivity contribution >= 4 is 36.4 Å². The molecule has 17 heavy (non-hydrogen) atoms. The van der Waals surface area contributed by atoms with Gasteiger partial charge in [0.1, 0.15) is 0 Å². The largest absolute Gasteiger partial charge is 0.478 e. The molecule has 0 heterocycles. The minimum Gasteiger partial charge on any atom is -0.478 e. The molecule has 0 aliphatic heterocycles. The van der Waals surface area contributed by atoms with Crippen molar-refractivity contribution in [2.24, 2.45) is 0 Å². The summed E-state index contributed by atoms with van der Waals surface area (Å²) >= 11 is 5.49. The van der Waals surface area contributed by atoms with Gasteiger partial charge >= 0.3 is 19.5 Å². The van der Waals surface area contributed by atoms with E-state index in [2.05, 4.69) is 0 Å². The highest BCUT2D eigenvalue weighted by atomic mass is 35.5. The highest BCUT2D eigenvalue weighted by Gasteiger charge is 2.26. The molecule has 0 aromatic heterocycles. The van der Waals surface area contributed by atoms with Gasteiger partial charge in [-0.3, -0.25) is 4.57 Å². The van der Waals surface area contributed by atoms with E-state index < -0.39 is 41.0 Å². The van der Waals surface area contributed by atoms with E-state index in [1.54, 1.807) is 0 Å². The second-order valence-electron chi connectivity index (χ2n) is 3.00. The van der Waals surface area contributed by atoms with Gasteiger partial charge in [0.2, 0.25) is 0 Å². The van der Waals surface area contributed by atoms with Crippen molar-refractivity contribution < 1.29 is 34.2 Å². The van der Waals surface area contributed by atoms with E-state index in [1.807, 2.05) is 0 Å². The lowest BCUT2D eigenvalue weighted by atomic mass is 10.1. The van der Waals surface area contributed by atoms with Crippen LogP contribution in [0.2, 0.25) is 5.02 Å². The zero-order valence-corrected chi connectivity index (χ0v) is 9.64. The number of halogens is 1. The smallest absolute Gasteiger partial charge is 0.357 e. The number of carbonyl (C=O) groups is 2. The number of rotatable bonds is 3. The molecule has 0 amide bonds. The number of benzene rings is 1. The van der Waals surface area contributed by atoms with Gasteiger partial charge in [-0.1, -0.05) is 11.6 Å². The average Bonchev–Trinajstić information content (AvgIpc) is 2.14. The van der Waals surface area contributed by atoms with Crippen LogP contribution in [0.4, 0.5) is 0 Å². The predicted octanol–water partition coefficient (Wildman–Crippen LogP) is 0.539. The second-order valence-corrected chi connectivity index (χ2v) is 4.98. The summed E-state index contributed by atoms with van der Waals surface area (Å²) in [7, 11) is -4.76. The summed E-state index contributed by atoms with van der Waals surface area (Å²) in [4.78, 5) is 39.3. The lowest BCUT2D eigenvalue weighted by Crippen LogP contribution is -2.15. The molecule has 0 bridgehead atoms. The van der Waals surface area contributed by atoms with Gasteiger partial charge in [-0.2, -0.15) is 0 Å². The fourth-order valence-electron chi connectivity index (χ4n) is 1.14. The van der Waals surface area contributed by atoms with E-state index in [1.165, 1.54) is 0 Å². The SMILES string of the molecule is O=C(O)c1cc(Cl)c(P(=O)(O)O)cc1C(=O)O. The Bertz CT molecular complexity index is 547. The number of hydrogen-bond acceptors (Lipinski definition) is 3. The van der Waals surface area contributed by atoms with E-state index in [0.29, 0.717) is 12.1 Å². The maximum atomic E-state index is 11.0. The molecule has 0 unspecified atom stereocenters. The highest BCUT2D eigenvalue weighted by Crippen LogP contribution is 2.37. The average molecular weight is 281 g/mol. The topological polar surface area (TPSA) is 132 Å². The van der Waals surface area contributed by atoms with Gasteiger partial charge in [-0.25, -0.2) is 9.59 Å². The number of hydrogen-bond donors (Lipinski definition) is 4. The second kappa shape index (κ2) is 4.46. The van der Waals surface area contributed by atoms with Gasteiger partial charge in [0, 0.05) is 0 Å². The molecular formula is C8H6ClO7P. The standard InChI is InChI=1S/C8H6ClO7P/c9-5-1-3(7(10)11)4(8(12)13)2-6(5)17(14,15)16/h1-2H,(H,10,11)(H,12,13)(H2,14,15,16). The van der Waals surface area contributed by atoms with Crippen LogP contribution < -0.4 is 5.30 Å². The quantitative estimate of drug-likeness (QED) is 0.594. The van der Waals surface area contributed by atoms with Crippen molar-refractivity contribution in [2.75, 3.05) is 0 Å². The molecule has 0 spiro atoms. The van der Waals surface area contributed by atoms with Crippen molar-refractivity contribution in [3.8, 4) is 0 Å². The van der Waals surface area contributed by atoms with Gasteiger partial charge in [0.15, 0.2) is 0 Å². The van der Waals surface area contributed by atoms with Crippen LogP contribution in [0.1, 0.15) is 20.7 Å². The summed E-state index contributed by atoms with van der Waals surface area (Å²) in [6.45, 7) is 0. The van der Waals surface area contributed by atoms with Gasteiger partial charge in [0.25, 0.3) is 0 Å². The molecule has 9 heteroatoms. The van der Waals surface area contributed by atoms with E-state index in [4.69, 9.17) is 31.6 Å². The summed E-state index contributed by atoms with van der Waals surface area (Å²) in [5, 5.41) is 16.2. The van der Waals surface area contributed by atoms with Crippen molar-refractivity contribution in [3.63, 3.8) is 0 Å². The molecule has 0 radical (unpaired) electrons. The minimum atomic E-state index is -4.76. The van der Waals surface area contributed by atoms with E-state index in [9.17, 15) is 14.2 Å². The third-order valence-corrected chi connectivity index (χ3v) is 3.30. The van der Waals surface area contributed by atoms with E-state index in [-0.39, 0.29) is 0 Å². The van der Waals surface area contributed by atoms with Gasteiger partial charge in [-0.05, 0) is 12.1 Å². The molecule has 1 aromatic carbocycles. The van der Waals surface area contributed by atoms with E-state index in [0.717, 1.165) is 0 Å². The minimum absolute atomic E-state index is 0.499. The first kappa shape index (κ1) is 13.7. The molecule has 0 saturated heterocycles. The first-order valence-electron chi connectivity index (χ1n) is 4.01. The number of carboxylic acids is 2. The van der Waals surface area contributed by atoms with Crippen LogP contribution in [0.5, 0.6) is 0 Å². The van der Waals surface area contributed by atoms with E-state index >= 15 is 0 Å². The molecule has 0 aliphatic carbocycles. The molecule has 1 aromatic rings. The summed E-state index contributed by atoms with van der Waals surface area (Å²) in [5.74, 6) is -3.17. The Morgan fingerprint density at radius 1 is 1.06 bits per heavy atom. The molecule has 4 N–H and O–H groups in total. The maximum absolute atomic E-state index is 11.0. The third-order valence-electron chi connectivity index (χ3n) is 1.86. The monoisotopic (exact) mass is 280 g/mol. The third kappa shape index (κ3) is 2.83. The Labute approximate surface area is 99.4 Å². The fourth-order valence-corrected chi connectivity index (χ4v) is 2.27. The summed E-state index contributed by atoms with van der Waals surface area (Å²) in [5.41, 5.74) is -1.38. The molecule has 92 valence electrons. The lowest BCUT2D eigenvalue weighted by Gasteiger charge is -2.09. The van der Waals surface area contributed by atoms with Crippen LogP contribution in [-0.2, 0) is 4.57 Å². The molecule has 1 rings (SSSR count). The van der Waals surface area contributed by atoms with Crippen LogP contribution in [-0.4, -0.2) is 31.9 Å². The zero-order chi connectivity index (χ0) is 13.4. The van der Waals surface area contributed by atoms with Crippen LogP contribution in [0.25, 0.3) is 0 Å². The normalized spacial score (nSPS) is 11.2. The Kier molecular flexibility index (Phi) is 3.59. The maximum Gasteiger partial charge on any atom is 0.357 e. The molecule has 0 fully saturated rings. The van der Waals surface area contributed by atoms with Gasteiger partial charge in [-0.15, -0.1) is 0 Å². The van der Waals surface area contributed by atoms with Gasteiger partial charge < -0.3 is 20.0 Å². The molecule has 7 nitrogen and oxygen atoms in total. The Hall–Kier alpha value is -1.40. The predicted molar refractivity (Wildman–Crippen MR) is 57.0 cm³/mol. The van der Waals surface area contributed by atoms with Crippen molar-refractivity contribution in [1.82, 2.24) is 0 Å². The number of aromatic carboxylic acids is 2. The molecule has 0 saturated carbocycles. The zero-order valence-electron chi connectivity index (χ0n) is 7.99.